The third-order valence-electron chi connectivity index (χ3n) is 2.23. The first-order chi connectivity index (χ1) is 8.48. The minimum Gasteiger partial charge on any atom is -0.367 e. The van der Waals surface area contributed by atoms with Crippen molar-refractivity contribution in [1.82, 2.24) is 0 Å². The summed E-state index contributed by atoms with van der Waals surface area (Å²) in [7, 11) is -9.51. The molecule has 0 saturated carbocycles. The molecule has 4 atom stereocenters. The van der Waals surface area contributed by atoms with Crippen molar-refractivity contribution in [2.24, 2.45) is 5.73 Å². The van der Waals surface area contributed by atoms with Gasteiger partial charge in [-0.05, 0) is 0 Å². The normalized spacial score (nSPS) is 33.3. The molecule has 0 amide bonds. The molecule has 11 nitrogen and oxygen atoms in total. The highest BCUT2D eigenvalue weighted by Crippen LogP contribution is 2.22. The first kappa shape index (κ1) is 16.7. The molecule has 0 aliphatic carbocycles. The Kier molecular flexibility index (Phi) is 5.21. The third kappa shape index (κ3) is 6.07. The molecule has 0 aromatic carbocycles. The van der Waals surface area contributed by atoms with Gasteiger partial charge in [0, 0.05) is 6.42 Å². The van der Waals surface area contributed by atoms with E-state index in [4.69, 9.17) is 19.6 Å². The summed E-state index contributed by atoms with van der Waals surface area (Å²) in [6, 6.07) is -1.27. The fourth-order valence-corrected chi connectivity index (χ4v) is 2.32. The average molecular weight is 323 g/mol. The van der Waals surface area contributed by atoms with E-state index in [2.05, 4.69) is 8.37 Å². The Hall–Kier alpha value is -0.380. The summed E-state index contributed by atoms with van der Waals surface area (Å²) in [4.78, 5) is 0. The SMILES string of the molecule is NC1C(O)OC(COS(=O)(=O)O)C[C@@H]1OS(=O)(=O)O. The summed E-state index contributed by atoms with van der Waals surface area (Å²) < 4.78 is 71.8. The van der Waals surface area contributed by atoms with Gasteiger partial charge in [0.05, 0.1) is 18.8 Å². The first-order valence-corrected chi connectivity index (χ1v) is 7.57. The maximum Gasteiger partial charge on any atom is 0.397 e. The Balaban J connectivity index is 2.68. The molecule has 13 heteroatoms. The van der Waals surface area contributed by atoms with E-state index in [0.717, 1.165) is 0 Å². The molecule has 1 aliphatic rings. The van der Waals surface area contributed by atoms with Crippen molar-refractivity contribution in [3.8, 4) is 0 Å². The molecule has 0 aromatic heterocycles. The minimum atomic E-state index is -4.80. The van der Waals surface area contributed by atoms with Crippen molar-refractivity contribution in [1.29, 1.82) is 0 Å². The molecule has 1 rings (SSSR count). The van der Waals surface area contributed by atoms with E-state index in [1.54, 1.807) is 0 Å². The van der Waals surface area contributed by atoms with Crippen LogP contribution >= 0.6 is 0 Å². The molecule has 3 unspecified atom stereocenters. The van der Waals surface area contributed by atoms with Crippen molar-refractivity contribution in [2.75, 3.05) is 6.61 Å². The molecule has 5 N–H and O–H groups in total. The van der Waals surface area contributed by atoms with E-state index in [1.807, 2.05) is 0 Å². The lowest BCUT2D eigenvalue weighted by atomic mass is 10.0. The minimum absolute atomic E-state index is 0.284. The van der Waals surface area contributed by atoms with Gasteiger partial charge in [0.2, 0.25) is 0 Å². The zero-order valence-electron chi connectivity index (χ0n) is 9.32. The summed E-state index contributed by atoms with van der Waals surface area (Å²) in [6.45, 7) is -0.687. The highest BCUT2D eigenvalue weighted by molar-refractivity contribution is 7.81. The van der Waals surface area contributed by atoms with Crippen LogP contribution in [0.15, 0.2) is 0 Å². The molecule has 1 heterocycles. The number of hydrogen-bond acceptors (Lipinski definition) is 9. The molecule has 0 spiro atoms. The number of nitrogens with two attached hydrogens (primary N) is 1. The monoisotopic (exact) mass is 323 g/mol. The van der Waals surface area contributed by atoms with Crippen molar-refractivity contribution in [3.63, 3.8) is 0 Å². The quantitative estimate of drug-likeness (QED) is 0.390. The van der Waals surface area contributed by atoms with Gasteiger partial charge in [0.25, 0.3) is 0 Å². The lowest BCUT2D eigenvalue weighted by Crippen LogP contribution is -2.55. The van der Waals surface area contributed by atoms with Gasteiger partial charge in [-0.1, -0.05) is 0 Å². The van der Waals surface area contributed by atoms with Crippen LogP contribution in [0.5, 0.6) is 0 Å². The predicted molar refractivity (Wildman–Crippen MR) is 57.4 cm³/mol. The Morgan fingerprint density at radius 3 is 2.26 bits per heavy atom. The molecule has 1 aliphatic heterocycles. The van der Waals surface area contributed by atoms with Gasteiger partial charge in [-0.2, -0.15) is 16.8 Å². The summed E-state index contributed by atoms with van der Waals surface area (Å²) in [5.74, 6) is 0. The van der Waals surface area contributed by atoms with Crippen molar-refractivity contribution in [2.45, 2.75) is 31.0 Å². The molecular weight excluding hydrogens is 310 g/mol. The number of hydrogen-bond donors (Lipinski definition) is 4. The fraction of sp³-hybridized carbons (Fsp3) is 1.00. The van der Waals surface area contributed by atoms with Gasteiger partial charge >= 0.3 is 20.8 Å². The maximum atomic E-state index is 10.6. The van der Waals surface area contributed by atoms with E-state index in [-0.39, 0.29) is 6.42 Å². The highest BCUT2D eigenvalue weighted by atomic mass is 32.3. The molecule has 1 saturated heterocycles. The molecule has 0 radical (unpaired) electrons. The summed E-state index contributed by atoms with van der Waals surface area (Å²) in [5, 5.41) is 9.37. The van der Waals surface area contributed by atoms with Gasteiger partial charge in [-0.15, -0.1) is 0 Å². The molecule has 1 fully saturated rings. The average Bonchev–Trinajstić information content (AvgIpc) is 2.19. The predicted octanol–water partition coefficient (Wildman–Crippen LogP) is -2.57. The van der Waals surface area contributed by atoms with Crippen LogP contribution in [-0.4, -0.2) is 62.2 Å². The molecule has 19 heavy (non-hydrogen) atoms. The zero-order valence-corrected chi connectivity index (χ0v) is 10.9. The third-order valence-corrected chi connectivity index (χ3v) is 3.16. The largest absolute Gasteiger partial charge is 0.397 e. The maximum absolute atomic E-state index is 10.6. The Bertz CT molecular complexity index is 500. The smallest absolute Gasteiger partial charge is 0.367 e. The van der Waals surface area contributed by atoms with Crippen molar-refractivity contribution < 1.29 is 44.2 Å². The van der Waals surface area contributed by atoms with Gasteiger partial charge in [0.1, 0.15) is 6.10 Å². The molecule has 0 bridgehead atoms. The van der Waals surface area contributed by atoms with Crippen molar-refractivity contribution in [3.05, 3.63) is 0 Å². The van der Waals surface area contributed by atoms with Gasteiger partial charge in [-0.3, -0.25) is 9.11 Å². The van der Waals surface area contributed by atoms with E-state index < -0.39 is 51.9 Å². The number of rotatable bonds is 5. The Morgan fingerprint density at radius 1 is 1.21 bits per heavy atom. The van der Waals surface area contributed by atoms with Crippen LogP contribution in [0, 0.1) is 0 Å². The molecular formula is C6H13NO10S2. The topological polar surface area (TPSA) is 183 Å². The first-order valence-electron chi connectivity index (χ1n) is 4.84. The standard InChI is InChI=1S/C6H13NO10S2/c7-5-4(17-19(12,13)14)1-3(16-6(5)8)2-15-18(9,10)11/h3-6,8H,1-2,7H2,(H,9,10,11)(H,12,13,14)/t3?,4-,5?,6?/m0/s1. The van der Waals surface area contributed by atoms with Gasteiger partial charge < -0.3 is 15.6 Å². The van der Waals surface area contributed by atoms with Crippen molar-refractivity contribution >= 4 is 20.8 Å². The van der Waals surface area contributed by atoms with Crippen LogP contribution < -0.4 is 5.73 Å². The summed E-state index contributed by atoms with van der Waals surface area (Å²) >= 11 is 0. The number of ether oxygens (including phenoxy) is 1. The number of aliphatic hydroxyl groups excluding tert-OH is 1. The van der Waals surface area contributed by atoms with Crippen LogP contribution in [0.3, 0.4) is 0 Å². The van der Waals surface area contributed by atoms with Gasteiger partial charge in [-0.25, -0.2) is 8.37 Å². The lowest BCUT2D eigenvalue weighted by molar-refractivity contribution is -0.202. The van der Waals surface area contributed by atoms with Crippen LogP contribution in [-0.2, 0) is 33.9 Å². The second-order valence-corrected chi connectivity index (χ2v) is 5.88. The highest BCUT2D eigenvalue weighted by Gasteiger charge is 2.39. The second kappa shape index (κ2) is 5.94. The van der Waals surface area contributed by atoms with Crippen LogP contribution in [0.1, 0.15) is 6.42 Å². The van der Waals surface area contributed by atoms with Gasteiger partial charge in [0.15, 0.2) is 6.29 Å². The zero-order chi connectivity index (χ0) is 14.8. The summed E-state index contributed by atoms with van der Waals surface area (Å²) in [6.07, 6.45) is -4.39. The van der Waals surface area contributed by atoms with E-state index in [1.165, 1.54) is 0 Å². The fourth-order valence-electron chi connectivity index (χ4n) is 1.47. The van der Waals surface area contributed by atoms with E-state index in [9.17, 15) is 21.9 Å². The van der Waals surface area contributed by atoms with E-state index >= 15 is 0 Å². The molecule has 114 valence electrons. The molecule has 0 aromatic rings. The Morgan fingerprint density at radius 2 is 1.79 bits per heavy atom. The number of aliphatic hydroxyl groups is 1. The lowest BCUT2D eigenvalue weighted by Gasteiger charge is -2.36. The van der Waals surface area contributed by atoms with E-state index in [0.29, 0.717) is 0 Å². The van der Waals surface area contributed by atoms with Crippen LogP contribution in [0.4, 0.5) is 0 Å². The van der Waals surface area contributed by atoms with Crippen LogP contribution in [0.2, 0.25) is 0 Å². The summed E-state index contributed by atoms with van der Waals surface area (Å²) in [5.41, 5.74) is 5.39. The van der Waals surface area contributed by atoms with Crippen LogP contribution in [0.25, 0.3) is 0 Å². The second-order valence-electron chi connectivity index (χ2n) is 3.74. The Labute approximate surface area is 109 Å².